The van der Waals surface area contributed by atoms with Gasteiger partial charge in [0, 0.05) is 13.6 Å². The Kier molecular flexibility index (Phi) is 7.35. The zero-order valence-corrected chi connectivity index (χ0v) is 19.6. The van der Waals surface area contributed by atoms with Crippen LogP contribution in [0.1, 0.15) is 40.7 Å². The van der Waals surface area contributed by atoms with Crippen molar-refractivity contribution >= 4 is 11.8 Å². The highest BCUT2D eigenvalue weighted by Gasteiger charge is 2.47. The van der Waals surface area contributed by atoms with Gasteiger partial charge in [0.15, 0.2) is 5.60 Å². The van der Waals surface area contributed by atoms with Crippen LogP contribution >= 0.6 is 0 Å². The highest BCUT2D eigenvalue weighted by Crippen LogP contribution is 2.34. The van der Waals surface area contributed by atoms with Crippen LogP contribution in [0, 0.1) is 0 Å². The van der Waals surface area contributed by atoms with Gasteiger partial charge in [-0.1, -0.05) is 30.3 Å². The Bertz CT molecular complexity index is 1070. The molecule has 0 aliphatic carbocycles. The third-order valence-electron chi connectivity index (χ3n) is 6.61. The third-order valence-corrected chi connectivity index (χ3v) is 6.61. The number of fused-ring (bicyclic) bond motifs is 1. The van der Waals surface area contributed by atoms with Gasteiger partial charge < -0.3 is 19.3 Å². The van der Waals surface area contributed by atoms with Gasteiger partial charge in [0.1, 0.15) is 12.4 Å². The zero-order chi connectivity index (χ0) is 25.1. The van der Waals surface area contributed by atoms with Gasteiger partial charge in [0.05, 0.1) is 30.8 Å². The van der Waals surface area contributed by atoms with E-state index in [1.54, 1.807) is 7.05 Å². The van der Waals surface area contributed by atoms with E-state index < -0.39 is 28.8 Å². The van der Waals surface area contributed by atoms with Gasteiger partial charge in [-0.25, -0.2) is 0 Å². The smallest absolute Gasteiger partial charge is 0.417 e. The quantitative estimate of drug-likeness (QED) is 0.602. The molecule has 1 atom stereocenters. The van der Waals surface area contributed by atoms with E-state index in [1.807, 2.05) is 24.3 Å². The predicted octanol–water partition coefficient (Wildman–Crippen LogP) is 4.18. The van der Waals surface area contributed by atoms with Gasteiger partial charge in [0.2, 0.25) is 0 Å². The number of aryl methyl sites for hydroxylation is 1. The van der Waals surface area contributed by atoms with Crippen LogP contribution in [0.25, 0.3) is 0 Å². The fraction of sp³-hybridized carbons (Fsp3) is 0.462. The van der Waals surface area contributed by atoms with E-state index in [2.05, 4.69) is 0 Å². The molecule has 2 amide bonds. The van der Waals surface area contributed by atoms with Gasteiger partial charge in [-0.15, -0.1) is 0 Å². The van der Waals surface area contributed by atoms with E-state index in [9.17, 15) is 22.8 Å². The Labute approximate surface area is 202 Å². The fourth-order valence-corrected chi connectivity index (χ4v) is 4.75. The van der Waals surface area contributed by atoms with Crippen LogP contribution in [0.15, 0.2) is 48.5 Å². The Morgan fingerprint density at radius 2 is 1.74 bits per heavy atom. The summed E-state index contributed by atoms with van der Waals surface area (Å²) in [6.45, 7) is 0.678. The molecule has 0 bridgehead atoms. The maximum atomic E-state index is 13.5. The maximum Gasteiger partial charge on any atom is 0.417 e. The summed E-state index contributed by atoms with van der Waals surface area (Å²) in [5, 5.41) is 0. The monoisotopic (exact) mass is 490 g/mol. The number of likely N-dealkylation sites (N-methyl/N-ethyl adjacent to an activating group) is 1. The normalized spacial score (nSPS) is 22.1. The lowest BCUT2D eigenvalue weighted by Crippen LogP contribution is -2.61. The molecule has 2 aliphatic heterocycles. The Morgan fingerprint density at radius 3 is 2.54 bits per heavy atom. The molecule has 2 aromatic rings. The second kappa shape index (κ2) is 10.3. The summed E-state index contributed by atoms with van der Waals surface area (Å²) in [6.07, 6.45) is -2.11. The summed E-state index contributed by atoms with van der Waals surface area (Å²) in [4.78, 5) is 29.6. The molecule has 9 heteroatoms. The molecule has 0 radical (unpaired) electrons. The molecule has 6 nitrogen and oxygen atoms in total. The average Bonchev–Trinajstić information content (AvgIpc) is 2.85. The average molecular weight is 491 g/mol. The van der Waals surface area contributed by atoms with E-state index in [0.29, 0.717) is 19.4 Å². The first kappa shape index (κ1) is 25.0. The minimum atomic E-state index is -4.66. The Hall–Kier alpha value is -3.07. The number of morpholine rings is 1. The molecule has 2 aliphatic rings. The fourth-order valence-electron chi connectivity index (χ4n) is 4.75. The van der Waals surface area contributed by atoms with Crippen molar-refractivity contribution in [1.82, 2.24) is 9.80 Å². The molecule has 188 valence electrons. The number of amides is 2. The number of rotatable bonds is 1. The van der Waals surface area contributed by atoms with Gasteiger partial charge in [-0.2, -0.15) is 13.2 Å². The van der Waals surface area contributed by atoms with Crippen LogP contribution in [0.5, 0.6) is 5.75 Å². The van der Waals surface area contributed by atoms with Crippen molar-refractivity contribution in [2.24, 2.45) is 0 Å². The minimum absolute atomic E-state index is 0.0683. The van der Waals surface area contributed by atoms with Crippen molar-refractivity contribution in [2.45, 2.75) is 37.5 Å². The molecule has 2 aromatic carbocycles. The minimum Gasteiger partial charge on any atom is -0.491 e. The number of nitrogens with zero attached hydrogens (tertiary/aromatic N) is 2. The summed E-state index contributed by atoms with van der Waals surface area (Å²) in [5.41, 5.74) is -1.63. The molecule has 0 saturated carbocycles. The number of ether oxygens (including phenoxy) is 2. The molecular weight excluding hydrogens is 461 g/mol. The standard InChI is InChI=1S/C26H29F3N2O4/c1-30-14-16-34-22-12-5-2-8-19(22)9-6-7-13-25(24(30)33)18-31(15-17-35-25)23(32)20-10-3-4-11-21(20)26(27,28)29/h2-5,8,10-12H,6-7,9,13-18H2,1H3. The van der Waals surface area contributed by atoms with Gasteiger partial charge >= 0.3 is 6.18 Å². The Balaban J connectivity index is 1.57. The van der Waals surface area contributed by atoms with E-state index in [1.165, 1.54) is 28.0 Å². The second-order valence-electron chi connectivity index (χ2n) is 9.00. The molecule has 1 fully saturated rings. The van der Waals surface area contributed by atoms with Crippen LogP contribution in [-0.4, -0.2) is 67.1 Å². The van der Waals surface area contributed by atoms with Gasteiger partial charge in [-0.3, -0.25) is 9.59 Å². The number of alkyl halides is 3. The lowest BCUT2D eigenvalue weighted by Gasteiger charge is -2.43. The lowest BCUT2D eigenvalue weighted by molar-refractivity contribution is -0.169. The molecule has 0 aromatic heterocycles. The topological polar surface area (TPSA) is 59.1 Å². The van der Waals surface area contributed by atoms with Crippen LogP contribution in [-0.2, 0) is 22.1 Å². The van der Waals surface area contributed by atoms with E-state index >= 15 is 0 Å². The van der Waals surface area contributed by atoms with Crippen molar-refractivity contribution in [1.29, 1.82) is 0 Å². The number of carbonyl (C=O) groups excluding carboxylic acids is 2. The van der Waals surface area contributed by atoms with Crippen molar-refractivity contribution < 1.29 is 32.2 Å². The molecule has 1 unspecified atom stereocenters. The molecule has 4 rings (SSSR count). The van der Waals surface area contributed by atoms with Crippen LogP contribution in [0.2, 0.25) is 0 Å². The van der Waals surface area contributed by atoms with Gasteiger partial charge in [-0.05, 0) is 49.4 Å². The molecular formula is C26H29F3N2O4. The van der Waals surface area contributed by atoms with E-state index in [0.717, 1.165) is 30.2 Å². The summed E-state index contributed by atoms with van der Waals surface area (Å²) in [5.74, 6) is -0.242. The first-order chi connectivity index (χ1) is 16.7. The first-order valence-corrected chi connectivity index (χ1v) is 11.8. The summed E-state index contributed by atoms with van der Waals surface area (Å²) in [7, 11) is 1.65. The van der Waals surface area contributed by atoms with Crippen LogP contribution in [0.4, 0.5) is 13.2 Å². The van der Waals surface area contributed by atoms with Gasteiger partial charge in [0.25, 0.3) is 11.8 Å². The summed E-state index contributed by atoms with van der Waals surface area (Å²) < 4.78 is 52.5. The number of para-hydroxylation sites is 1. The molecule has 35 heavy (non-hydrogen) atoms. The molecule has 1 saturated heterocycles. The number of benzene rings is 2. The molecule has 0 N–H and O–H groups in total. The summed E-state index contributed by atoms with van der Waals surface area (Å²) >= 11 is 0. The predicted molar refractivity (Wildman–Crippen MR) is 123 cm³/mol. The number of hydrogen-bond donors (Lipinski definition) is 0. The maximum absolute atomic E-state index is 13.5. The lowest BCUT2D eigenvalue weighted by atomic mass is 9.90. The van der Waals surface area contributed by atoms with E-state index in [-0.39, 0.29) is 32.2 Å². The Morgan fingerprint density at radius 1 is 1.00 bits per heavy atom. The largest absolute Gasteiger partial charge is 0.491 e. The second-order valence-corrected chi connectivity index (χ2v) is 9.00. The van der Waals surface area contributed by atoms with Crippen LogP contribution < -0.4 is 4.74 Å². The highest BCUT2D eigenvalue weighted by atomic mass is 19.4. The highest BCUT2D eigenvalue weighted by molar-refractivity contribution is 5.97. The van der Waals surface area contributed by atoms with Crippen molar-refractivity contribution in [2.75, 3.05) is 39.9 Å². The van der Waals surface area contributed by atoms with Crippen molar-refractivity contribution in [3.05, 3.63) is 65.2 Å². The number of halogens is 3. The zero-order valence-electron chi connectivity index (χ0n) is 19.6. The van der Waals surface area contributed by atoms with Crippen molar-refractivity contribution in [3.8, 4) is 5.75 Å². The SMILES string of the molecule is CN1CCOc2ccccc2CCCCC2(CN(C(=O)c3ccccc3C(F)(F)F)CCO2)C1=O. The van der Waals surface area contributed by atoms with Crippen molar-refractivity contribution in [3.63, 3.8) is 0 Å². The molecule has 2 heterocycles. The van der Waals surface area contributed by atoms with E-state index in [4.69, 9.17) is 9.47 Å². The number of hydrogen-bond acceptors (Lipinski definition) is 4. The first-order valence-electron chi connectivity index (χ1n) is 11.8. The molecule has 1 spiro atoms. The third kappa shape index (κ3) is 5.45. The summed E-state index contributed by atoms with van der Waals surface area (Å²) in [6, 6.07) is 12.5. The number of carbonyl (C=O) groups is 2. The van der Waals surface area contributed by atoms with Crippen LogP contribution in [0.3, 0.4) is 0 Å².